The molecule has 7 nitrogen and oxygen atoms in total. The van der Waals surface area contributed by atoms with E-state index in [1.165, 1.54) is 6.07 Å². The van der Waals surface area contributed by atoms with E-state index >= 15 is 0 Å². The number of hydrogen-bond acceptors (Lipinski definition) is 6. The molecule has 0 amide bonds. The highest BCUT2D eigenvalue weighted by Crippen LogP contribution is 2.31. The Morgan fingerprint density at radius 2 is 2.25 bits per heavy atom. The molecule has 1 heterocycles. The maximum Gasteiger partial charge on any atom is 0.406 e. The number of ketones is 1. The van der Waals surface area contributed by atoms with Gasteiger partial charge in [-0.05, 0) is 28.5 Å². The van der Waals surface area contributed by atoms with Crippen LogP contribution in [0.5, 0.6) is 5.75 Å². The Balaban J connectivity index is 2.10. The average Bonchev–Trinajstić information content (AvgIpc) is 2.40. The quantitative estimate of drug-likeness (QED) is 0.583. The van der Waals surface area contributed by atoms with Gasteiger partial charge in [-0.15, -0.1) is 0 Å². The standard InChI is InChI=1S/C13H16N2O5/c1-3-6-19-12-9(16)7-11(12)20-10-5-4-8(2)14-13(10)15(17)18/h4-5,11-12H,3,6-7H2,1-2H3. The Kier molecular flexibility index (Phi) is 4.29. The summed E-state index contributed by atoms with van der Waals surface area (Å²) in [6.45, 7) is 4.06. The van der Waals surface area contributed by atoms with Gasteiger partial charge < -0.3 is 19.6 Å². The van der Waals surface area contributed by atoms with E-state index in [-0.39, 0.29) is 23.8 Å². The van der Waals surface area contributed by atoms with E-state index in [0.29, 0.717) is 12.3 Å². The van der Waals surface area contributed by atoms with Crippen molar-refractivity contribution < 1.29 is 19.2 Å². The largest absolute Gasteiger partial charge is 0.479 e. The van der Waals surface area contributed by atoms with Gasteiger partial charge in [-0.3, -0.25) is 4.79 Å². The van der Waals surface area contributed by atoms with Crippen LogP contribution in [0.4, 0.5) is 5.82 Å². The highest BCUT2D eigenvalue weighted by atomic mass is 16.6. The number of aromatic nitrogens is 1. The zero-order chi connectivity index (χ0) is 14.7. The Labute approximate surface area is 116 Å². The van der Waals surface area contributed by atoms with E-state index in [0.717, 1.165) is 6.42 Å². The first-order chi connectivity index (χ1) is 9.52. The maximum absolute atomic E-state index is 11.5. The summed E-state index contributed by atoms with van der Waals surface area (Å²) in [4.78, 5) is 25.6. The molecule has 0 spiro atoms. The van der Waals surface area contributed by atoms with E-state index in [1.54, 1.807) is 13.0 Å². The first-order valence-corrected chi connectivity index (χ1v) is 6.46. The fourth-order valence-corrected chi connectivity index (χ4v) is 1.93. The van der Waals surface area contributed by atoms with Gasteiger partial charge in [-0.1, -0.05) is 6.92 Å². The number of ether oxygens (including phenoxy) is 2. The fourth-order valence-electron chi connectivity index (χ4n) is 1.93. The van der Waals surface area contributed by atoms with Crippen molar-refractivity contribution in [1.29, 1.82) is 0 Å². The number of pyridine rings is 1. The van der Waals surface area contributed by atoms with Crippen LogP contribution in [0, 0.1) is 17.0 Å². The SMILES string of the molecule is CCCOC1C(=O)CC1Oc1ccc(C)nc1[N+](=O)[O-]. The summed E-state index contributed by atoms with van der Waals surface area (Å²) >= 11 is 0. The monoisotopic (exact) mass is 280 g/mol. The van der Waals surface area contributed by atoms with Crippen LogP contribution < -0.4 is 4.74 Å². The summed E-state index contributed by atoms with van der Waals surface area (Å²) in [5.41, 5.74) is 0.535. The number of Topliss-reactive ketones (excluding diaryl/α,β-unsaturated/α-hetero) is 1. The smallest absolute Gasteiger partial charge is 0.406 e. The summed E-state index contributed by atoms with van der Waals surface area (Å²) in [6.07, 6.45) is -0.101. The van der Waals surface area contributed by atoms with Crippen LogP contribution in [0.15, 0.2) is 12.1 Å². The maximum atomic E-state index is 11.5. The molecule has 1 aliphatic carbocycles. The molecule has 0 N–H and O–H groups in total. The number of rotatable bonds is 6. The predicted molar refractivity (Wildman–Crippen MR) is 69.7 cm³/mol. The Morgan fingerprint density at radius 1 is 1.50 bits per heavy atom. The minimum Gasteiger partial charge on any atom is -0.479 e. The molecule has 7 heteroatoms. The molecule has 2 rings (SSSR count). The first-order valence-electron chi connectivity index (χ1n) is 6.46. The number of hydrogen-bond donors (Lipinski definition) is 0. The molecular weight excluding hydrogens is 264 g/mol. The molecule has 1 aromatic rings. The van der Waals surface area contributed by atoms with E-state index in [2.05, 4.69) is 4.98 Å². The summed E-state index contributed by atoms with van der Waals surface area (Å²) < 4.78 is 10.9. The topological polar surface area (TPSA) is 91.6 Å². The fraction of sp³-hybridized carbons (Fsp3) is 0.538. The van der Waals surface area contributed by atoms with Crippen molar-refractivity contribution in [2.45, 2.75) is 38.9 Å². The molecule has 108 valence electrons. The minimum absolute atomic E-state index is 0.0360. The molecule has 1 aliphatic rings. The second kappa shape index (κ2) is 5.96. The summed E-state index contributed by atoms with van der Waals surface area (Å²) in [7, 11) is 0. The molecule has 1 saturated carbocycles. The lowest BCUT2D eigenvalue weighted by atomic mass is 9.90. The van der Waals surface area contributed by atoms with Gasteiger partial charge in [0.05, 0.1) is 0 Å². The molecule has 20 heavy (non-hydrogen) atoms. The number of carbonyl (C=O) groups is 1. The van der Waals surface area contributed by atoms with Gasteiger partial charge in [0.2, 0.25) is 5.75 Å². The van der Waals surface area contributed by atoms with Gasteiger partial charge >= 0.3 is 5.82 Å². The minimum atomic E-state index is -0.629. The third-order valence-electron chi connectivity index (χ3n) is 2.99. The summed E-state index contributed by atoms with van der Waals surface area (Å²) in [5.74, 6) is -0.298. The number of nitro groups is 1. The number of carbonyl (C=O) groups excluding carboxylic acids is 1. The molecule has 0 saturated heterocycles. The van der Waals surface area contributed by atoms with Gasteiger partial charge in [-0.2, -0.15) is 0 Å². The van der Waals surface area contributed by atoms with Crippen LogP contribution in [0.2, 0.25) is 0 Å². The van der Waals surface area contributed by atoms with Crippen LogP contribution >= 0.6 is 0 Å². The summed E-state index contributed by atoms with van der Waals surface area (Å²) in [5, 5.41) is 10.9. The first kappa shape index (κ1) is 14.4. The van der Waals surface area contributed by atoms with E-state index in [1.807, 2.05) is 6.92 Å². The van der Waals surface area contributed by atoms with E-state index < -0.39 is 17.1 Å². The van der Waals surface area contributed by atoms with Crippen LogP contribution in [-0.2, 0) is 9.53 Å². The lowest BCUT2D eigenvalue weighted by molar-refractivity contribution is -0.391. The number of aryl methyl sites for hydroxylation is 1. The molecule has 2 atom stereocenters. The second-order valence-electron chi connectivity index (χ2n) is 4.65. The average molecular weight is 280 g/mol. The molecular formula is C13H16N2O5. The zero-order valence-electron chi connectivity index (χ0n) is 11.4. The molecule has 0 radical (unpaired) electrons. The van der Waals surface area contributed by atoms with Gasteiger partial charge in [-0.25, -0.2) is 0 Å². The molecule has 2 unspecified atom stereocenters. The number of nitrogens with zero attached hydrogens (tertiary/aromatic N) is 2. The summed E-state index contributed by atoms with van der Waals surface area (Å²) in [6, 6.07) is 3.13. The van der Waals surface area contributed by atoms with Crippen molar-refractivity contribution in [2.24, 2.45) is 0 Å². The van der Waals surface area contributed by atoms with E-state index in [4.69, 9.17) is 9.47 Å². The third kappa shape index (κ3) is 2.93. The normalized spacial score (nSPS) is 21.4. The van der Waals surface area contributed by atoms with Crippen molar-refractivity contribution >= 4 is 11.6 Å². The lowest BCUT2D eigenvalue weighted by Crippen LogP contribution is -2.52. The van der Waals surface area contributed by atoms with Gasteiger partial charge in [0, 0.05) is 20.0 Å². The van der Waals surface area contributed by atoms with Crippen molar-refractivity contribution in [2.75, 3.05) is 6.61 Å². The van der Waals surface area contributed by atoms with Crippen molar-refractivity contribution in [3.8, 4) is 5.75 Å². The Hall–Kier alpha value is -2.02. The van der Waals surface area contributed by atoms with Crippen LogP contribution in [0.25, 0.3) is 0 Å². The lowest BCUT2D eigenvalue weighted by Gasteiger charge is -2.34. The molecule has 0 aliphatic heterocycles. The van der Waals surface area contributed by atoms with E-state index in [9.17, 15) is 14.9 Å². The van der Waals surface area contributed by atoms with Gasteiger partial charge in [0.25, 0.3) is 0 Å². The highest BCUT2D eigenvalue weighted by molar-refractivity contribution is 5.90. The zero-order valence-corrected chi connectivity index (χ0v) is 11.4. The highest BCUT2D eigenvalue weighted by Gasteiger charge is 2.43. The molecule has 0 aromatic carbocycles. The van der Waals surface area contributed by atoms with Crippen LogP contribution in [0.3, 0.4) is 0 Å². The Morgan fingerprint density at radius 3 is 2.85 bits per heavy atom. The Bertz CT molecular complexity index is 531. The van der Waals surface area contributed by atoms with Gasteiger partial charge in [0.1, 0.15) is 11.8 Å². The second-order valence-corrected chi connectivity index (χ2v) is 4.65. The predicted octanol–water partition coefficient (Wildman–Crippen LogP) is 1.81. The van der Waals surface area contributed by atoms with Crippen molar-refractivity contribution in [3.05, 3.63) is 27.9 Å². The third-order valence-corrected chi connectivity index (χ3v) is 2.99. The molecule has 1 fully saturated rings. The van der Waals surface area contributed by atoms with Crippen molar-refractivity contribution in [1.82, 2.24) is 4.98 Å². The molecule has 1 aromatic heterocycles. The molecule has 0 bridgehead atoms. The van der Waals surface area contributed by atoms with Crippen LogP contribution in [-0.4, -0.2) is 34.5 Å². The van der Waals surface area contributed by atoms with Crippen molar-refractivity contribution in [3.63, 3.8) is 0 Å². The van der Waals surface area contributed by atoms with Gasteiger partial charge in [0.15, 0.2) is 11.9 Å². The van der Waals surface area contributed by atoms with Crippen LogP contribution in [0.1, 0.15) is 25.5 Å².